The van der Waals surface area contributed by atoms with Gasteiger partial charge in [0.2, 0.25) is 0 Å². The fourth-order valence-corrected chi connectivity index (χ4v) is 2.04. The Morgan fingerprint density at radius 2 is 1.81 bits per heavy atom. The minimum Gasteiger partial charge on any atom is -0.469 e. The largest absolute Gasteiger partial charge is 0.469 e. The number of sulfone groups is 1. The Kier molecular flexibility index (Phi) is 6.02. The number of hydrogen-bond acceptors (Lipinski definition) is 6. The van der Waals surface area contributed by atoms with Crippen LogP contribution in [-0.2, 0) is 28.9 Å². The van der Waals surface area contributed by atoms with Crippen LogP contribution in [0.3, 0.4) is 0 Å². The topological polar surface area (TPSA) is 86.7 Å². The first-order valence-electron chi connectivity index (χ1n) is 4.77. The summed E-state index contributed by atoms with van der Waals surface area (Å²) in [6, 6.07) is 0. The predicted octanol–water partition coefficient (Wildman–Crippen LogP) is -0.0841. The maximum absolute atomic E-state index is 11.6. The molecule has 1 atom stereocenters. The van der Waals surface area contributed by atoms with Gasteiger partial charge in [-0.05, 0) is 13.8 Å². The molecule has 16 heavy (non-hydrogen) atoms. The molecule has 0 N–H and O–H groups in total. The summed E-state index contributed by atoms with van der Waals surface area (Å²) in [4.78, 5) is 21.9. The lowest BCUT2D eigenvalue weighted by Crippen LogP contribution is -2.29. The van der Waals surface area contributed by atoms with Crippen molar-refractivity contribution in [2.24, 2.45) is 0 Å². The lowest BCUT2D eigenvalue weighted by Gasteiger charge is -2.10. The Hall–Kier alpha value is -1.11. The van der Waals surface area contributed by atoms with Gasteiger partial charge < -0.3 is 9.47 Å². The van der Waals surface area contributed by atoms with Crippen LogP contribution in [-0.4, -0.2) is 45.1 Å². The Balaban J connectivity index is 4.43. The highest BCUT2D eigenvalue weighted by Gasteiger charge is 2.27. The maximum atomic E-state index is 11.6. The molecule has 0 saturated heterocycles. The summed E-state index contributed by atoms with van der Waals surface area (Å²) in [5.74, 6) is -2.14. The fourth-order valence-electron chi connectivity index (χ4n) is 0.954. The zero-order valence-electron chi connectivity index (χ0n) is 9.56. The van der Waals surface area contributed by atoms with Gasteiger partial charge in [0.15, 0.2) is 9.84 Å². The zero-order valence-corrected chi connectivity index (χ0v) is 10.4. The van der Waals surface area contributed by atoms with Crippen molar-refractivity contribution in [1.82, 2.24) is 0 Å². The van der Waals surface area contributed by atoms with Crippen LogP contribution in [0.25, 0.3) is 0 Å². The van der Waals surface area contributed by atoms with E-state index >= 15 is 0 Å². The van der Waals surface area contributed by atoms with Crippen LogP contribution in [0.2, 0.25) is 0 Å². The summed E-state index contributed by atoms with van der Waals surface area (Å²) in [5, 5.41) is -0.954. The molecule has 0 amide bonds. The van der Waals surface area contributed by atoms with Crippen LogP contribution in [0.15, 0.2) is 0 Å². The third kappa shape index (κ3) is 5.11. The van der Waals surface area contributed by atoms with Gasteiger partial charge in [-0.2, -0.15) is 0 Å². The van der Waals surface area contributed by atoms with Crippen LogP contribution in [0.1, 0.15) is 20.3 Å². The number of carbonyl (C=O) groups is 2. The number of rotatable bonds is 6. The molecular formula is C9H16O6S. The average molecular weight is 252 g/mol. The first kappa shape index (κ1) is 14.9. The molecule has 0 aliphatic rings. The fraction of sp³-hybridized carbons (Fsp3) is 0.778. The van der Waals surface area contributed by atoms with Crippen molar-refractivity contribution in [1.29, 1.82) is 0 Å². The minimum atomic E-state index is -3.66. The summed E-state index contributed by atoms with van der Waals surface area (Å²) in [5.41, 5.74) is 0. The molecule has 6 nitrogen and oxygen atoms in total. The second-order valence-corrected chi connectivity index (χ2v) is 5.62. The highest BCUT2D eigenvalue weighted by atomic mass is 32.2. The molecule has 0 spiro atoms. The van der Waals surface area contributed by atoms with Crippen molar-refractivity contribution >= 4 is 21.8 Å². The third-order valence-electron chi connectivity index (χ3n) is 1.92. The molecule has 0 aliphatic carbocycles. The van der Waals surface area contributed by atoms with E-state index in [9.17, 15) is 18.0 Å². The first-order chi connectivity index (χ1) is 7.33. The van der Waals surface area contributed by atoms with Gasteiger partial charge in [-0.15, -0.1) is 0 Å². The SMILES string of the molecule is CCOC(=O)CS(=O)(=O)C(C)CC(=O)OC. The number of esters is 2. The predicted molar refractivity (Wildman–Crippen MR) is 56.5 cm³/mol. The second-order valence-electron chi connectivity index (χ2n) is 3.20. The number of methoxy groups -OCH3 is 1. The Labute approximate surface area is 94.8 Å². The summed E-state index contributed by atoms with van der Waals surface area (Å²) in [6.45, 7) is 3.06. The highest BCUT2D eigenvalue weighted by Crippen LogP contribution is 2.08. The van der Waals surface area contributed by atoms with Gasteiger partial charge in [0, 0.05) is 0 Å². The van der Waals surface area contributed by atoms with E-state index in [1.807, 2.05) is 0 Å². The number of carbonyl (C=O) groups excluding carboxylic acids is 2. The molecule has 94 valence electrons. The van der Waals surface area contributed by atoms with Gasteiger partial charge in [-0.3, -0.25) is 9.59 Å². The van der Waals surface area contributed by atoms with E-state index in [4.69, 9.17) is 0 Å². The quantitative estimate of drug-likeness (QED) is 0.614. The van der Waals surface area contributed by atoms with Gasteiger partial charge in [0.25, 0.3) is 0 Å². The molecule has 0 fully saturated rings. The summed E-state index contributed by atoms with van der Waals surface area (Å²) in [6.07, 6.45) is -0.266. The van der Waals surface area contributed by atoms with E-state index in [0.29, 0.717) is 0 Å². The molecule has 1 unspecified atom stereocenters. The van der Waals surface area contributed by atoms with Crippen molar-refractivity contribution in [3.8, 4) is 0 Å². The Morgan fingerprint density at radius 3 is 2.25 bits per heavy atom. The second kappa shape index (κ2) is 6.47. The maximum Gasteiger partial charge on any atom is 0.321 e. The lowest BCUT2D eigenvalue weighted by atomic mass is 10.3. The summed E-state index contributed by atoms with van der Waals surface area (Å²) < 4.78 is 32.0. The molecule has 0 aliphatic heterocycles. The highest BCUT2D eigenvalue weighted by molar-refractivity contribution is 7.92. The molecular weight excluding hydrogens is 236 g/mol. The van der Waals surface area contributed by atoms with E-state index in [0.717, 1.165) is 0 Å². The van der Waals surface area contributed by atoms with Gasteiger partial charge in [-0.25, -0.2) is 8.42 Å². The third-order valence-corrected chi connectivity index (χ3v) is 3.95. The summed E-state index contributed by atoms with van der Waals surface area (Å²) in [7, 11) is -2.49. The molecule has 0 heterocycles. The van der Waals surface area contributed by atoms with Gasteiger partial charge in [0.05, 0.1) is 25.4 Å². The van der Waals surface area contributed by atoms with Crippen molar-refractivity contribution in [2.45, 2.75) is 25.5 Å². The first-order valence-corrected chi connectivity index (χ1v) is 6.49. The molecule has 0 aromatic rings. The molecule has 0 aromatic carbocycles. The van der Waals surface area contributed by atoms with Gasteiger partial charge in [-0.1, -0.05) is 0 Å². The molecule has 0 radical (unpaired) electrons. The standard InChI is InChI=1S/C9H16O6S/c1-4-15-9(11)6-16(12,13)7(2)5-8(10)14-3/h7H,4-6H2,1-3H3. The van der Waals surface area contributed by atoms with Crippen molar-refractivity contribution < 1.29 is 27.5 Å². The van der Waals surface area contributed by atoms with E-state index in [1.54, 1.807) is 6.92 Å². The van der Waals surface area contributed by atoms with E-state index in [-0.39, 0.29) is 13.0 Å². The zero-order chi connectivity index (χ0) is 12.8. The van der Waals surface area contributed by atoms with Crippen molar-refractivity contribution in [3.05, 3.63) is 0 Å². The monoisotopic (exact) mass is 252 g/mol. The lowest BCUT2D eigenvalue weighted by molar-refractivity contribution is -0.141. The van der Waals surface area contributed by atoms with Gasteiger partial charge in [0.1, 0.15) is 5.75 Å². The minimum absolute atomic E-state index is 0.125. The number of hydrogen-bond donors (Lipinski definition) is 0. The summed E-state index contributed by atoms with van der Waals surface area (Å²) >= 11 is 0. The molecule has 0 aromatic heterocycles. The molecule has 0 saturated carbocycles. The molecule has 0 bridgehead atoms. The van der Waals surface area contributed by atoms with Crippen LogP contribution >= 0.6 is 0 Å². The van der Waals surface area contributed by atoms with Crippen LogP contribution in [0.4, 0.5) is 0 Å². The van der Waals surface area contributed by atoms with E-state index < -0.39 is 32.8 Å². The van der Waals surface area contributed by atoms with Gasteiger partial charge >= 0.3 is 11.9 Å². The van der Waals surface area contributed by atoms with Crippen LogP contribution in [0.5, 0.6) is 0 Å². The Bertz CT molecular complexity index is 345. The normalized spacial score (nSPS) is 12.9. The number of ether oxygens (including phenoxy) is 2. The van der Waals surface area contributed by atoms with E-state index in [1.165, 1.54) is 14.0 Å². The van der Waals surface area contributed by atoms with Crippen LogP contribution < -0.4 is 0 Å². The average Bonchev–Trinajstić information content (AvgIpc) is 2.16. The van der Waals surface area contributed by atoms with Crippen molar-refractivity contribution in [3.63, 3.8) is 0 Å². The van der Waals surface area contributed by atoms with Crippen LogP contribution in [0, 0.1) is 0 Å². The molecule has 7 heteroatoms. The molecule has 0 rings (SSSR count). The Morgan fingerprint density at radius 1 is 1.25 bits per heavy atom. The van der Waals surface area contributed by atoms with Crippen molar-refractivity contribution in [2.75, 3.05) is 19.5 Å². The van der Waals surface area contributed by atoms with E-state index in [2.05, 4.69) is 9.47 Å². The smallest absolute Gasteiger partial charge is 0.321 e.